The lowest BCUT2D eigenvalue weighted by Crippen LogP contribution is -2.39. The first kappa shape index (κ1) is 89.7. The van der Waals surface area contributed by atoms with Crippen molar-refractivity contribution in [3.63, 3.8) is 0 Å². The second-order valence-electron chi connectivity index (χ2n) is 33.4. The van der Waals surface area contributed by atoms with Crippen LogP contribution in [0.5, 0.6) is 17.2 Å². The first-order chi connectivity index (χ1) is 62.0. The number of carbonyl (C=O) groups is 9. The zero-order valence-corrected chi connectivity index (χ0v) is 74.7. The van der Waals surface area contributed by atoms with Gasteiger partial charge in [-0.05, 0) is 202 Å². The Morgan fingerprint density at radius 3 is 0.837 bits per heavy atom. The Morgan fingerprint density at radius 1 is 0.349 bits per heavy atom. The highest BCUT2D eigenvalue weighted by Gasteiger charge is 2.53. The standard InChI is InChI=1S/3C33H31ClN2O7/c3*1-19(37)23-7-6-22(34)16-24(23)25-17-31(39)35(18-30(25)42-3)27(9-12-41-2)29(38)14-20-5-8-26-21(13-20)15-28-32(40)43-33(36(26)28)10-4-11-33/h3*5-8,13,15-18,27H,4,9-12,14H2,1-3H3/t2*27-;/m10./s1. The third-order valence-electron chi connectivity index (χ3n) is 25.5. The van der Waals surface area contributed by atoms with Crippen molar-refractivity contribution in [3.05, 3.63) is 261 Å². The van der Waals surface area contributed by atoms with Crippen molar-refractivity contribution in [1.29, 1.82) is 0 Å². The Labute approximate surface area is 755 Å². The highest BCUT2D eigenvalue weighted by Crippen LogP contribution is 2.52. The maximum Gasteiger partial charge on any atom is 0.357 e. The number of methoxy groups -OCH3 is 6. The molecule has 666 valence electrons. The van der Waals surface area contributed by atoms with E-state index in [0.29, 0.717) is 99.5 Å². The van der Waals surface area contributed by atoms with E-state index in [9.17, 15) is 57.5 Å². The summed E-state index contributed by atoms with van der Waals surface area (Å²) >= 11 is 18.7. The summed E-state index contributed by atoms with van der Waals surface area (Å²) in [6.45, 7) is 5.09. The molecule has 0 radical (unpaired) electrons. The summed E-state index contributed by atoms with van der Waals surface area (Å²) in [6, 6.07) is 38.8. The summed E-state index contributed by atoms with van der Waals surface area (Å²) in [5.74, 6) is -1.09. The van der Waals surface area contributed by atoms with Crippen LogP contribution in [0.2, 0.25) is 15.1 Å². The molecule has 6 aliphatic rings. The van der Waals surface area contributed by atoms with E-state index in [2.05, 4.69) is 0 Å². The van der Waals surface area contributed by atoms with E-state index in [1.165, 1.54) is 114 Å². The fraction of sp³-hybridized carbons (Fsp3) is 0.333. The average Bonchev–Trinajstić information content (AvgIpc) is 1.56. The number of Topliss-reactive ketones (excluding diaryl/α,β-unsaturated/α-hetero) is 6. The number of carbonyl (C=O) groups excluding carboxylic acids is 9. The van der Waals surface area contributed by atoms with Gasteiger partial charge in [0.25, 0.3) is 16.7 Å². The molecule has 6 aromatic carbocycles. The summed E-state index contributed by atoms with van der Waals surface area (Å²) in [5, 5.41) is 3.81. The Morgan fingerprint density at radius 2 is 0.612 bits per heavy atom. The second kappa shape index (κ2) is 36.5. The predicted octanol–water partition coefficient (Wildman–Crippen LogP) is 17.2. The molecule has 0 amide bonds. The monoisotopic (exact) mass is 1810 g/mol. The van der Waals surface area contributed by atoms with Gasteiger partial charge in [-0.25, -0.2) is 14.4 Å². The normalized spacial score (nSPS) is 15.7. The van der Waals surface area contributed by atoms with Crippen molar-refractivity contribution in [2.24, 2.45) is 0 Å². The number of pyridine rings is 3. The molecule has 9 heterocycles. The summed E-state index contributed by atoms with van der Waals surface area (Å²) in [6.07, 6.45) is 13.3. The van der Waals surface area contributed by atoms with E-state index in [1.807, 2.05) is 86.5 Å². The maximum atomic E-state index is 13.8. The van der Waals surface area contributed by atoms with Crippen LogP contribution in [0.25, 0.3) is 66.1 Å². The predicted molar refractivity (Wildman–Crippen MR) is 483 cm³/mol. The third kappa shape index (κ3) is 16.9. The lowest BCUT2D eigenvalue weighted by molar-refractivity contribution is -0.123. The molecule has 27 nitrogen and oxygen atoms in total. The van der Waals surface area contributed by atoms with Crippen LogP contribution >= 0.6 is 34.8 Å². The fourth-order valence-electron chi connectivity index (χ4n) is 18.7. The molecule has 3 aliphatic heterocycles. The third-order valence-corrected chi connectivity index (χ3v) is 26.2. The molecule has 12 aromatic rings. The van der Waals surface area contributed by atoms with Gasteiger partial charge in [0.2, 0.25) is 0 Å². The largest absolute Gasteiger partial charge is 0.495 e. The summed E-state index contributed by atoms with van der Waals surface area (Å²) in [4.78, 5) is 157. The minimum absolute atomic E-state index is 0.0692. The Balaban J connectivity index is 0.000000142. The summed E-state index contributed by atoms with van der Waals surface area (Å²) < 4.78 is 59.9. The van der Waals surface area contributed by atoms with Crippen LogP contribution in [0.1, 0.15) is 195 Å². The molecule has 18 rings (SSSR count). The number of fused-ring (bicyclic) bond motifs is 12. The zero-order chi connectivity index (χ0) is 91.4. The van der Waals surface area contributed by atoms with Crippen LogP contribution in [-0.4, -0.2) is 142 Å². The van der Waals surface area contributed by atoms with Crippen molar-refractivity contribution >= 4 is 120 Å². The van der Waals surface area contributed by atoms with E-state index >= 15 is 0 Å². The van der Waals surface area contributed by atoms with Crippen LogP contribution in [0.3, 0.4) is 0 Å². The highest BCUT2D eigenvalue weighted by molar-refractivity contribution is 6.32. The van der Waals surface area contributed by atoms with Crippen molar-refractivity contribution in [3.8, 4) is 50.6 Å². The number of rotatable bonds is 30. The molecule has 6 aromatic heterocycles. The van der Waals surface area contributed by atoms with Crippen LogP contribution < -0.4 is 30.9 Å². The molecule has 0 saturated heterocycles. The number of ketones is 6. The summed E-state index contributed by atoms with van der Waals surface area (Å²) in [7, 11) is 9.01. The number of nitrogens with zero attached hydrogens (tertiary/aromatic N) is 6. The SMILES string of the molecule is COCCC(C(=O)Cc1ccc2c(c1)cc1n2C2(CCC2)OC1=O)n1cc(OC)c(-c2cc(Cl)ccc2C(C)=O)cc1=O.COCC[C@@H](C(=O)Cc1ccc2c(c1)cc1n2C2(CCC2)OC1=O)n1cc(OC)c(-c2cc(Cl)ccc2C(C)=O)cc1=O.COCC[C@H](C(=O)Cc1ccc2c(c1)cc1n2C2(CCC2)OC1=O)n1cc(OC)c(-c2cc(Cl)ccc2C(C)=O)cc1=O. The molecule has 0 N–H and O–H groups in total. The number of ether oxygens (including phenoxy) is 9. The highest BCUT2D eigenvalue weighted by atomic mass is 35.5. The molecule has 3 saturated carbocycles. The van der Waals surface area contributed by atoms with Crippen molar-refractivity contribution in [2.45, 2.75) is 152 Å². The van der Waals surface area contributed by atoms with Crippen LogP contribution in [-0.2, 0) is 79.2 Å². The fourth-order valence-corrected chi connectivity index (χ4v) is 19.2. The smallest absolute Gasteiger partial charge is 0.357 e. The minimum Gasteiger partial charge on any atom is -0.495 e. The second-order valence-corrected chi connectivity index (χ2v) is 34.7. The number of hydrogen-bond donors (Lipinski definition) is 0. The molecule has 30 heteroatoms. The maximum absolute atomic E-state index is 13.8. The topological polar surface area (TPSA) is 317 Å². The van der Waals surface area contributed by atoms with Gasteiger partial charge < -0.3 is 56.3 Å². The average molecular weight is 1810 g/mol. The number of halogens is 3. The molecular weight excluding hydrogens is 1720 g/mol. The van der Waals surface area contributed by atoms with Gasteiger partial charge in [0.1, 0.15) is 34.3 Å². The van der Waals surface area contributed by atoms with E-state index in [1.54, 1.807) is 54.6 Å². The summed E-state index contributed by atoms with van der Waals surface area (Å²) in [5.41, 5.74) is 7.38. The first-order valence-electron chi connectivity index (χ1n) is 42.5. The van der Waals surface area contributed by atoms with Gasteiger partial charge in [-0.1, -0.05) is 53.0 Å². The molecule has 0 bridgehead atoms. The molecule has 129 heavy (non-hydrogen) atoms. The van der Waals surface area contributed by atoms with Gasteiger partial charge in [0, 0.05) is 182 Å². The lowest BCUT2D eigenvalue weighted by atomic mass is 9.88. The van der Waals surface area contributed by atoms with Gasteiger partial charge in [-0.15, -0.1) is 0 Å². The Kier molecular flexibility index (Phi) is 25.4. The Hall–Kier alpha value is -12.6. The number of esters is 3. The van der Waals surface area contributed by atoms with Crippen LogP contribution in [0, 0.1) is 0 Å². The molecule has 3 atom stereocenters. The van der Waals surface area contributed by atoms with Crippen LogP contribution in [0.4, 0.5) is 0 Å². The van der Waals surface area contributed by atoms with Crippen molar-refractivity contribution in [1.82, 2.24) is 27.4 Å². The number of hydrogen-bond acceptors (Lipinski definition) is 21. The van der Waals surface area contributed by atoms with Gasteiger partial charge in [-0.2, -0.15) is 0 Å². The molecule has 3 spiro atoms. The van der Waals surface area contributed by atoms with Gasteiger partial charge in [-0.3, -0.25) is 56.9 Å². The quantitative estimate of drug-likeness (QED) is 0.0229. The van der Waals surface area contributed by atoms with Gasteiger partial charge in [0.15, 0.2) is 51.9 Å². The first-order valence-corrected chi connectivity index (χ1v) is 43.6. The molecule has 1 unspecified atom stereocenters. The van der Waals surface area contributed by atoms with E-state index in [-0.39, 0.29) is 111 Å². The molecule has 3 fully saturated rings. The van der Waals surface area contributed by atoms with Crippen LogP contribution in [0.15, 0.2) is 179 Å². The van der Waals surface area contributed by atoms with Gasteiger partial charge >= 0.3 is 17.9 Å². The molecule has 3 aliphatic carbocycles. The van der Waals surface area contributed by atoms with Crippen molar-refractivity contribution in [2.75, 3.05) is 62.5 Å². The Bertz CT molecular complexity index is 6190. The zero-order valence-electron chi connectivity index (χ0n) is 72.4. The van der Waals surface area contributed by atoms with Gasteiger partial charge in [0.05, 0.1) is 74.6 Å². The number of benzene rings is 6. The van der Waals surface area contributed by atoms with Crippen molar-refractivity contribution < 1.29 is 85.8 Å². The van der Waals surface area contributed by atoms with E-state index in [0.717, 1.165) is 107 Å². The number of aromatic nitrogens is 6. The molecular formula is C99H93Cl3N6O21. The minimum atomic E-state index is -0.829. The van der Waals surface area contributed by atoms with E-state index in [4.69, 9.17) is 77.4 Å². The van der Waals surface area contributed by atoms with E-state index < -0.39 is 52.0 Å². The lowest BCUT2D eigenvalue weighted by Gasteiger charge is -2.38.